The summed E-state index contributed by atoms with van der Waals surface area (Å²) in [5.74, 6) is 0.849. The molecule has 0 amide bonds. The van der Waals surface area contributed by atoms with Gasteiger partial charge in [0.15, 0.2) is 17.5 Å². The van der Waals surface area contributed by atoms with Crippen molar-refractivity contribution in [3.05, 3.63) is 206 Å². The van der Waals surface area contributed by atoms with Crippen LogP contribution in [0.4, 0.5) is 0 Å². The molecule has 0 aliphatic heterocycles. The van der Waals surface area contributed by atoms with Crippen LogP contribution < -0.4 is 0 Å². The van der Waals surface area contributed by atoms with Crippen LogP contribution in [0.1, 0.15) is 16.4 Å². The van der Waals surface area contributed by atoms with Crippen molar-refractivity contribution < 1.29 is 16.4 Å². The summed E-state index contributed by atoms with van der Waals surface area (Å²) in [6.45, 7) is 0. The standard InChI is InChI=1S/C51H34N4/c1-5-15-35(16-6-1)37-25-27-38(28-26-37)42-29-31-44(51-53-49(39-19-9-3-10-20-39)52-50(54-51)40-21-11-4-12-22-40)48(34-42)55-46-24-14-13-23-43(46)45-33-41(30-32-47(45)55)36-17-7-2-8-18-36/h1-34H/i2D,7D,8D,13D,14D,17D,18D,23D,24D,30D,32D,33D. The molecule has 2 heterocycles. The number of nitrogens with zero attached hydrogens (tertiary/aromatic N) is 4. The van der Waals surface area contributed by atoms with E-state index in [2.05, 4.69) is 0 Å². The molecule has 258 valence electrons. The lowest BCUT2D eigenvalue weighted by Crippen LogP contribution is -2.04. The number of hydrogen-bond acceptors (Lipinski definition) is 3. The molecular formula is C51H34N4. The highest BCUT2D eigenvalue weighted by molar-refractivity contribution is 6.11. The lowest BCUT2D eigenvalue weighted by molar-refractivity contribution is 1.06. The first kappa shape index (κ1) is 21.9. The zero-order valence-electron chi connectivity index (χ0n) is 41.0. The Morgan fingerprint density at radius 3 is 1.53 bits per heavy atom. The molecule has 0 N–H and O–H groups in total. The second-order valence-corrected chi connectivity index (χ2v) is 12.7. The van der Waals surface area contributed by atoms with Gasteiger partial charge < -0.3 is 4.57 Å². The van der Waals surface area contributed by atoms with Crippen LogP contribution in [0.5, 0.6) is 0 Å². The molecule has 2 aromatic heterocycles. The number of fused-ring (bicyclic) bond motifs is 3. The van der Waals surface area contributed by atoms with E-state index in [1.807, 2.05) is 121 Å². The molecule has 55 heavy (non-hydrogen) atoms. The van der Waals surface area contributed by atoms with Gasteiger partial charge >= 0.3 is 0 Å². The van der Waals surface area contributed by atoms with E-state index >= 15 is 0 Å². The molecule has 0 unspecified atom stereocenters. The third kappa shape index (κ3) is 6.06. The second-order valence-electron chi connectivity index (χ2n) is 12.7. The van der Waals surface area contributed by atoms with Crippen molar-refractivity contribution in [1.29, 1.82) is 0 Å². The Labute approximate surface area is 336 Å². The molecule has 0 bridgehead atoms. The number of rotatable bonds is 7. The smallest absolute Gasteiger partial charge is 0.166 e. The SMILES string of the molecule is [2H]c1c([2H])c([2H])c(-c2c([2H])c([2H])c3c(c2[2H])c2c([2H])c([2H])c([2H])c([2H])c2n3-c2cc(-c3ccc(-c4ccccc4)cc3)ccc2-c2nc(-c3ccccc3)nc(-c3ccccc3)n2)c([2H])c1[2H]. The average molecular weight is 715 g/mol. The minimum Gasteiger partial charge on any atom is -0.308 e. The predicted octanol–water partition coefficient (Wildman–Crippen LogP) is 13.0. The zero-order chi connectivity index (χ0) is 47.0. The van der Waals surface area contributed by atoms with E-state index in [1.54, 1.807) is 12.1 Å². The van der Waals surface area contributed by atoms with E-state index in [0.717, 1.165) is 16.7 Å². The minimum absolute atomic E-state index is 0.126. The van der Waals surface area contributed by atoms with Gasteiger partial charge in [0.1, 0.15) is 0 Å². The number of benzene rings is 8. The Kier molecular flexibility index (Phi) is 5.52. The summed E-state index contributed by atoms with van der Waals surface area (Å²) in [7, 11) is 0. The maximum atomic E-state index is 9.75. The molecular weight excluding hydrogens is 669 g/mol. The summed E-state index contributed by atoms with van der Waals surface area (Å²) in [4.78, 5) is 14.9. The van der Waals surface area contributed by atoms with E-state index in [4.69, 9.17) is 24.5 Å². The van der Waals surface area contributed by atoms with Gasteiger partial charge in [-0.2, -0.15) is 0 Å². The summed E-state index contributed by atoms with van der Waals surface area (Å²) in [5, 5.41) is -0.346. The average Bonchev–Trinajstić information content (AvgIpc) is 3.74. The van der Waals surface area contributed by atoms with Gasteiger partial charge in [0, 0.05) is 27.5 Å². The summed E-state index contributed by atoms with van der Waals surface area (Å²) < 4.78 is 109. The minimum atomic E-state index is -0.703. The number of hydrogen-bond donors (Lipinski definition) is 0. The summed E-state index contributed by atoms with van der Waals surface area (Å²) in [6.07, 6.45) is 0. The summed E-state index contributed by atoms with van der Waals surface area (Å²) >= 11 is 0. The van der Waals surface area contributed by atoms with Gasteiger partial charge in [-0.15, -0.1) is 0 Å². The highest BCUT2D eigenvalue weighted by atomic mass is 15.1. The molecule has 10 rings (SSSR count). The van der Waals surface area contributed by atoms with Gasteiger partial charge in [0.05, 0.1) is 33.2 Å². The Morgan fingerprint density at radius 1 is 0.364 bits per heavy atom. The largest absolute Gasteiger partial charge is 0.308 e. The van der Waals surface area contributed by atoms with Crippen LogP contribution in [0.2, 0.25) is 0 Å². The highest BCUT2D eigenvalue weighted by Gasteiger charge is 2.21. The molecule has 0 fully saturated rings. The fourth-order valence-corrected chi connectivity index (χ4v) is 6.76. The quantitative estimate of drug-likeness (QED) is 0.165. The van der Waals surface area contributed by atoms with Crippen molar-refractivity contribution in [2.45, 2.75) is 0 Å². The summed E-state index contributed by atoms with van der Waals surface area (Å²) in [5.41, 5.74) is 4.20. The van der Waals surface area contributed by atoms with E-state index in [0.29, 0.717) is 33.9 Å². The first-order valence-electron chi connectivity index (χ1n) is 23.6. The molecule has 0 spiro atoms. The van der Waals surface area contributed by atoms with Gasteiger partial charge in [0.25, 0.3) is 0 Å². The highest BCUT2D eigenvalue weighted by Crippen LogP contribution is 2.40. The molecule has 4 heteroatoms. The number of para-hydroxylation sites is 1. The lowest BCUT2D eigenvalue weighted by atomic mass is 9.98. The lowest BCUT2D eigenvalue weighted by Gasteiger charge is -2.17. The van der Waals surface area contributed by atoms with Crippen LogP contribution >= 0.6 is 0 Å². The second kappa shape index (κ2) is 13.8. The van der Waals surface area contributed by atoms with Crippen LogP contribution in [0.25, 0.3) is 95.0 Å². The number of aromatic nitrogens is 4. The Hall–Kier alpha value is -7.43. The topological polar surface area (TPSA) is 43.6 Å². The molecule has 0 saturated carbocycles. The molecule has 0 aliphatic rings. The van der Waals surface area contributed by atoms with Crippen molar-refractivity contribution in [3.63, 3.8) is 0 Å². The molecule has 8 aromatic carbocycles. The van der Waals surface area contributed by atoms with Gasteiger partial charge in [-0.05, 0) is 63.6 Å². The molecule has 10 aromatic rings. The van der Waals surface area contributed by atoms with E-state index in [-0.39, 0.29) is 33.3 Å². The maximum Gasteiger partial charge on any atom is 0.166 e. The predicted molar refractivity (Wildman–Crippen MR) is 227 cm³/mol. The van der Waals surface area contributed by atoms with Crippen LogP contribution in [0.3, 0.4) is 0 Å². The van der Waals surface area contributed by atoms with Gasteiger partial charge in [-0.25, -0.2) is 15.0 Å². The summed E-state index contributed by atoms with van der Waals surface area (Å²) in [6, 6.07) is 34.4. The normalized spacial score (nSPS) is 14.3. The third-order valence-electron chi connectivity index (χ3n) is 9.41. The maximum absolute atomic E-state index is 9.75. The van der Waals surface area contributed by atoms with Crippen LogP contribution in [0, 0.1) is 0 Å². The van der Waals surface area contributed by atoms with Crippen molar-refractivity contribution in [1.82, 2.24) is 19.5 Å². The molecule has 0 aliphatic carbocycles. The van der Waals surface area contributed by atoms with Crippen LogP contribution in [0.15, 0.2) is 206 Å². The van der Waals surface area contributed by atoms with Gasteiger partial charge in [0.2, 0.25) is 0 Å². The monoisotopic (exact) mass is 714 g/mol. The molecule has 4 nitrogen and oxygen atoms in total. The van der Waals surface area contributed by atoms with E-state index in [9.17, 15) is 6.85 Å². The fourth-order valence-electron chi connectivity index (χ4n) is 6.76. The van der Waals surface area contributed by atoms with Crippen molar-refractivity contribution >= 4 is 21.8 Å². The first-order chi connectivity index (χ1) is 32.3. The van der Waals surface area contributed by atoms with Crippen molar-refractivity contribution in [2.24, 2.45) is 0 Å². The Morgan fingerprint density at radius 2 is 0.873 bits per heavy atom. The Bertz CT molecular complexity index is 3550. The first-order valence-corrected chi connectivity index (χ1v) is 17.6. The zero-order valence-corrected chi connectivity index (χ0v) is 29.0. The van der Waals surface area contributed by atoms with Gasteiger partial charge in [-0.3, -0.25) is 0 Å². The van der Waals surface area contributed by atoms with Crippen molar-refractivity contribution in [3.8, 4) is 73.2 Å². The molecule has 0 atom stereocenters. The van der Waals surface area contributed by atoms with E-state index < -0.39 is 83.6 Å². The van der Waals surface area contributed by atoms with Crippen LogP contribution in [-0.2, 0) is 0 Å². The van der Waals surface area contributed by atoms with Gasteiger partial charge in [-0.1, -0.05) is 176 Å². The van der Waals surface area contributed by atoms with Crippen molar-refractivity contribution in [2.75, 3.05) is 0 Å². The van der Waals surface area contributed by atoms with Crippen LogP contribution in [-0.4, -0.2) is 19.5 Å². The fraction of sp³-hybridized carbons (Fsp3) is 0. The third-order valence-corrected chi connectivity index (χ3v) is 9.41. The Balaban J connectivity index is 1.35. The molecule has 0 saturated heterocycles. The molecule has 0 radical (unpaired) electrons. The van der Waals surface area contributed by atoms with E-state index in [1.165, 1.54) is 4.57 Å².